The van der Waals surface area contributed by atoms with Crippen molar-refractivity contribution in [2.24, 2.45) is 0 Å². The summed E-state index contributed by atoms with van der Waals surface area (Å²) in [6.07, 6.45) is 0.314. The third-order valence-electron chi connectivity index (χ3n) is 4.04. The smallest absolute Gasteiger partial charge is 0.183 e. The van der Waals surface area contributed by atoms with Gasteiger partial charge in [-0.05, 0) is 24.3 Å². The highest BCUT2D eigenvalue weighted by Crippen LogP contribution is 2.33. The van der Waals surface area contributed by atoms with E-state index in [0.717, 1.165) is 21.8 Å². The monoisotopic (exact) mass is 307 g/mol. The average molecular weight is 307 g/mol. The predicted molar refractivity (Wildman–Crippen MR) is 86.1 cm³/mol. The Kier molecular flexibility index (Phi) is 2.98. The fourth-order valence-corrected chi connectivity index (χ4v) is 3.00. The molecule has 1 aromatic heterocycles. The maximum Gasteiger partial charge on any atom is 0.183 e. The van der Waals surface area contributed by atoms with Gasteiger partial charge in [0.2, 0.25) is 0 Å². The summed E-state index contributed by atoms with van der Waals surface area (Å²) < 4.78 is 30.2. The zero-order valence-corrected chi connectivity index (χ0v) is 12.0. The molecule has 0 saturated heterocycles. The molecule has 4 rings (SSSR count). The zero-order chi connectivity index (χ0) is 16.0. The van der Waals surface area contributed by atoms with Crippen molar-refractivity contribution in [1.29, 1.82) is 0 Å². The van der Waals surface area contributed by atoms with Gasteiger partial charge >= 0.3 is 0 Å². The molecule has 4 heteroatoms. The van der Waals surface area contributed by atoms with Crippen LogP contribution in [0.25, 0.3) is 27.5 Å². The van der Waals surface area contributed by atoms with Crippen molar-refractivity contribution < 1.29 is 13.6 Å². The second kappa shape index (κ2) is 5.02. The molecule has 1 heterocycles. The second-order valence-electron chi connectivity index (χ2n) is 5.29. The number of nitrogens with zero attached hydrogens (tertiary/aromatic N) is 1. The Hall–Kier alpha value is -3.01. The summed E-state index contributed by atoms with van der Waals surface area (Å²) in [5.41, 5.74) is 1.37. The summed E-state index contributed by atoms with van der Waals surface area (Å²) >= 11 is 0. The Bertz CT molecular complexity index is 1010. The Morgan fingerprint density at radius 1 is 0.739 bits per heavy atom. The van der Waals surface area contributed by atoms with Crippen molar-refractivity contribution >= 4 is 28.1 Å². The molecule has 0 aliphatic rings. The number of para-hydroxylation sites is 2. The molecule has 4 aromatic rings. The molecule has 0 aliphatic carbocycles. The first kappa shape index (κ1) is 13.6. The standard InChI is InChI=1S/C19H11F2NO/c20-18-12(11-23)9-10-17(19(18)21)22-15-7-3-1-5-13(15)14-6-2-4-8-16(14)22/h1-11H. The molecule has 0 bridgehead atoms. The molecule has 0 N–H and O–H groups in total. The molecular weight excluding hydrogens is 296 g/mol. The Morgan fingerprint density at radius 2 is 1.30 bits per heavy atom. The van der Waals surface area contributed by atoms with Crippen molar-refractivity contribution in [2.45, 2.75) is 0 Å². The van der Waals surface area contributed by atoms with Gasteiger partial charge in [-0.25, -0.2) is 8.78 Å². The van der Waals surface area contributed by atoms with Gasteiger partial charge in [0, 0.05) is 10.8 Å². The lowest BCUT2D eigenvalue weighted by Gasteiger charge is -2.10. The molecule has 0 aliphatic heterocycles. The summed E-state index contributed by atoms with van der Waals surface area (Å²) in [5.74, 6) is -2.15. The van der Waals surface area contributed by atoms with E-state index >= 15 is 0 Å². The van der Waals surface area contributed by atoms with E-state index in [1.54, 1.807) is 4.57 Å². The van der Waals surface area contributed by atoms with Crippen molar-refractivity contribution in [3.05, 3.63) is 77.9 Å². The minimum atomic E-state index is -1.13. The summed E-state index contributed by atoms with van der Waals surface area (Å²) in [4.78, 5) is 10.8. The van der Waals surface area contributed by atoms with E-state index in [1.165, 1.54) is 12.1 Å². The quantitative estimate of drug-likeness (QED) is 0.484. The number of fused-ring (bicyclic) bond motifs is 3. The lowest BCUT2D eigenvalue weighted by atomic mass is 10.2. The highest BCUT2D eigenvalue weighted by Gasteiger charge is 2.18. The number of carbonyl (C=O) groups excluding carboxylic acids is 1. The third kappa shape index (κ3) is 1.88. The molecule has 0 unspecified atom stereocenters. The lowest BCUT2D eigenvalue weighted by Crippen LogP contribution is -2.02. The molecule has 0 atom stereocenters. The van der Waals surface area contributed by atoms with Gasteiger partial charge in [0.05, 0.1) is 22.3 Å². The summed E-state index contributed by atoms with van der Waals surface area (Å²) in [5, 5.41) is 1.92. The number of rotatable bonds is 2. The molecule has 23 heavy (non-hydrogen) atoms. The van der Waals surface area contributed by atoms with Crippen molar-refractivity contribution in [3.63, 3.8) is 0 Å². The van der Waals surface area contributed by atoms with E-state index in [1.807, 2.05) is 48.5 Å². The van der Waals surface area contributed by atoms with Gasteiger partial charge in [0.15, 0.2) is 17.9 Å². The lowest BCUT2D eigenvalue weighted by molar-refractivity contribution is 0.111. The average Bonchev–Trinajstić information content (AvgIpc) is 2.92. The topological polar surface area (TPSA) is 22.0 Å². The Morgan fingerprint density at radius 3 is 1.87 bits per heavy atom. The zero-order valence-electron chi connectivity index (χ0n) is 12.0. The van der Waals surface area contributed by atoms with Gasteiger partial charge < -0.3 is 4.57 Å². The van der Waals surface area contributed by atoms with Gasteiger partial charge in [0.25, 0.3) is 0 Å². The molecule has 2 nitrogen and oxygen atoms in total. The summed E-state index contributed by atoms with van der Waals surface area (Å²) in [6, 6.07) is 17.9. The van der Waals surface area contributed by atoms with Crippen LogP contribution in [0.2, 0.25) is 0 Å². The number of hydrogen-bond acceptors (Lipinski definition) is 1. The van der Waals surface area contributed by atoms with E-state index in [-0.39, 0.29) is 11.3 Å². The molecule has 0 amide bonds. The number of carbonyl (C=O) groups is 1. The minimum Gasteiger partial charge on any atom is -0.306 e. The number of benzene rings is 3. The fraction of sp³-hybridized carbons (Fsp3) is 0. The van der Waals surface area contributed by atoms with Crippen LogP contribution < -0.4 is 0 Å². The Labute approximate surface area is 130 Å². The first-order valence-electron chi connectivity index (χ1n) is 7.14. The molecule has 112 valence electrons. The van der Waals surface area contributed by atoms with Crippen molar-refractivity contribution in [3.8, 4) is 5.69 Å². The van der Waals surface area contributed by atoms with E-state index in [0.29, 0.717) is 6.29 Å². The number of halogens is 2. The predicted octanol–water partition coefficient (Wildman–Crippen LogP) is 4.87. The minimum absolute atomic E-state index is 0.0884. The van der Waals surface area contributed by atoms with Gasteiger partial charge in [-0.3, -0.25) is 4.79 Å². The maximum absolute atomic E-state index is 14.5. The van der Waals surface area contributed by atoms with Crippen LogP contribution in [-0.4, -0.2) is 10.9 Å². The van der Waals surface area contributed by atoms with Crippen LogP contribution in [0.1, 0.15) is 10.4 Å². The Balaban J connectivity index is 2.17. The van der Waals surface area contributed by atoms with Gasteiger partial charge in [0.1, 0.15) is 0 Å². The number of hydrogen-bond donors (Lipinski definition) is 0. The molecule has 0 spiro atoms. The molecule has 3 aromatic carbocycles. The first-order valence-corrected chi connectivity index (χ1v) is 7.14. The highest BCUT2D eigenvalue weighted by atomic mass is 19.2. The maximum atomic E-state index is 14.5. The third-order valence-corrected chi connectivity index (χ3v) is 4.04. The largest absolute Gasteiger partial charge is 0.306 e. The van der Waals surface area contributed by atoms with E-state index in [4.69, 9.17) is 0 Å². The van der Waals surface area contributed by atoms with Gasteiger partial charge in [-0.2, -0.15) is 0 Å². The van der Waals surface area contributed by atoms with Crippen LogP contribution in [0.15, 0.2) is 60.7 Å². The van der Waals surface area contributed by atoms with Crippen molar-refractivity contribution in [1.82, 2.24) is 4.57 Å². The van der Waals surface area contributed by atoms with Crippen LogP contribution >= 0.6 is 0 Å². The summed E-state index contributed by atoms with van der Waals surface area (Å²) in [7, 11) is 0. The normalized spacial score (nSPS) is 11.2. The second-order valence-corrected chi connectivity index (χ2v) is 5.29. The van der Waals surface area contributed by atoms with Crippen LogP contribution in [0.5, 0.6) is 0 Å². The van der Waals surface area contributed by atoms with E-state index in [2.05, 4.69) is 0 Å². The van der Waals surface area contributed by atoms with Crippen LogP contribution in [-0.2, 0) is 0 Å². The number of aromatic nitrogens is 1. The van der Waals surface area contributed by atoms with E-state index < -0.39 is 11.6 Å². The molecule has 0 radical (unpaired) electrons. The van der Waals surface area contributed by atoms with Gasteiger partial charge in [-0.15, -0.1) is 0 Å². The van der Waals surface area contributed by atoms with Crippen molar-refractivity contribution in [2.75, 3.05) is 0 Å². The van der Waals surface area contributed by atoms with Crippen LogP contribution in [0.4, 0.5) is 8.78 Å². The van der Waals surface area contributed by atoms with Gasteiger partial charge in [-0.1, -0.05) is 36.4 Å². The molecular formula is C19H11F2NO. The van der Waals surface area contributed by atoms with E-state index in [9.17, 15) is 13.6 Å². The summed E-state index contributed by atoms with van der Waals surface area (Å²) in [6.45, 7) is 0. The SMILES string of the molecule is O=Cc1ccc(-n2c3ccccc3c3ccccc32)c(F)c1F. The molecule has 0 saturated carbocycles. The fourth-order valence-electron chi connectivity index (χ4n) is 3.00. The molecule has 0 fully saturated rings. The van der Waals surface area contributed by atoms with Crippen LogP contribution in [0, 0.1) is 11.6 Å². The van der Waals surface area contributed by atoms with Crippen LogP contribution in [0.3, 0.4) is 0 Å². The first-order chi connectivity index (χ1) is 11.2. The highest BCUT2D eigenvalue weighted by molar-refractivity contribution is 6.09. The number of aldehydes is 1.